The molecule has 0 aliphatic rings. The van der Waals surface area contributed by atoms with Crippen molar-refractivity contribution in [3.8, 4) is 23.0 Å². The number of aliphatic imine (C=N–C) groups is 1. The monoisotopic (exact) mass is 564 g/mol. The smallest absolute Gasteiger partial charge is 0.226 e. The number of hydrogen-bond donors (Lipinski definition) is 1. The van der Waals surface area contributed by atoms with Crippen LogP contribution in [0.1, 0.15) is 16.8 Å². The Morgan fingerprint density at radius 3 is 2.45 bits per heavy atom. The summed E-state index contributed by atoms with van der Waals surface area (Å²) < 4.78 is 16.3. The maximum atomic E-state index is 5.65. The number of aromatic nitrogens is 1. The van der Waals surface area contributed by atoms with Crippen molar-refractivity contribution in [3.05, 3.63) is 65.5 Å². The average Bonchev–Trinajstić information content (AvgIpc) is 3.29. The molecule has 0 atom stereocenters. The van der Waals surface area contributed by atoms with Gasteiger partial charge < -0.3 is 24.1 Å². The second kappa shape index (κ2) is 13.1. The molecule has 0 fully saturated rings. The van der Waals surface area contributed by atoms with E-state index in [-0.39, 0.29) is 24.0 Å². The third kappa shape index (κ3) is 7.38. The molecule has 0 radical (unpaired) electrons. The molecule has 7 nitrogen and oxygen atoms in total. The van der Waals surface area contributed by atoms with Crippen LogP contribution in [0.25, 0.3) is 11.5 Å². The maximum absolute atomic E-state index is 5.65. The molecule has 3 rings (SSSR count). The summed E-state index contributed by atoms with van der Waals surface area (Å²) in [4.78, 5) is 11.1. The van der Waals surface area contributed by atoms with Crippen LogP contribution in [0.3, 0.4) is 0 Å². The van der Waals surface area contributed by atoms with Crippen molar-refractivity contribution in [1.29, 1.82) is 0 Å². The first-order valence-electron chi connectivity index (χ1n) is 10.7. The van der Waals surface area contributed by atoms with E-state index >= 15 is 0 Å². The normalized spacial score (nSPS) is 11.0. The minimum atomic E-state index is 0. The van der Waals surface area contributed by atoms with Crippen LogP contribution in [0.2, 0.25) is 0 Å². The molecular weight excluding hydrogens is 531 g/mol. The molecular formula is C25H33IN4O3. The van der Waals surface area contributed by atoms with Gasteiger partial charge in [-0.15, -0.1) is 24.0 Å². The molecule has 178 valence electrons. The van der Waals surface area contributed by atoms with Crippen LogP contribution in [-0.2, 0) is 12.8 Å². The minimum absolute atomic E-state index is 0. The number of methoxy groups -OCH3 is 2. The van der Waals surface area contributed by atoms with Crippen LogP contribution in [0, 0.1) is 6.92 Å². The lowest BCUT2D eigenvalue weighted by molar-refractivity contribution is 0.354. The first kappa shape index (κ1) is 26.5. The lowest BCUT2D eigenvalue weighted by Crippen LogP contribution is -2.40. The molecule has 0 bridgehead atoms. The standard InChI is InChI=1S/C25H32N4O3.HI/c1-18-6-9-20(10-7-18)24-28-21(17-32-24)12-14-27-25(26-2)29(3)15-13-19-8-11-22(30-4)23(16-19)31-5;/h6-11,16-17H,12-15H2,1-5H3,(H,26,27);1H. The zero-order valence-corrected chi connectivity index (χ0v) is 22.3. The average molecular weight is 564 g/mol. The Bertz CT molecular complexity index is 1030. The third-order valence-electron chi connectivity index (χ3n) is 5.27. The van der Waals surface area contributed by atoms with Gasteiger partial charge in [0.25, 0.3) is 0 Å². The largest absolute Gasteiger partial charge is 0.493 e. The molecule has 3 aromatic rings. The molecule has 0 aliphatic carbocycles. The number of likely N-dealkylation sites (N-methyl/N-ethyl adjacent to an activating group) is 1. The summed E-state index contributed by atoms with van der Waals surface area (Å²) in [6.07, 6.45) is 3.33. The Morgan fingerprint density at radius 1 is 1.06 bits per heavy atom. The summed E-state index contributed by atoms with van der Waals surface area (Å²) in [5, 5.41) is 3.40. The van der Waals surface area contributed by atoms with Gasteiger partial charge in [-0.05, 0) is 43.2 Å². The van der Waals surface area contributed by atoms with Crippen molar-refractivity contribution in [3.63, 3.8) is 0 Å². The molecule has 0 amide bonds. The van der Waals surface area contributed by atoms with Crippen molar-refractivity contribution in [2.45, 2.75) is 19.8 Å². The number of nitrogens with one attached hydrogen (secondary N) is 1. The van der Waals surface area contributed by atoms with E-state index < -0.39 is 0 Å². The number of aryl methyl sites for hydroxylation is 1. The summed E-state index contributed by atoms with van der Waals surface area (Å²) >= 11 is 0. The van der Waals surface area contributed by atoms with Crippen LogP contribution in [0.4, 0.5) is 0 Å². The van der Waals surface area contributed by atoms with E-state index in [2.05, 4.69) is 45.3 Å². The highest BCUT2D eigenvalue weighted by Gasteiger charge is 2.10. The highest BCUT2D eigenvalue weighted by atomic mass is 127. The van der Waals surface area contributed by atoms with E-state index in [0.717, 1.165) is 48.1 Å². The zero-order valence-electron chi connectivity index (χ0n) is 19.9. The summed E-state index contributed by atoms with van der Waals surface area (Å²) in [6.45, 7) is 3.60. The molecule has 0 saturated carbocycles. The summed E-state index contributed by atoms with van der Waals surface area (Å²) in [5.74, 6) is 2.97. The maximum Gasteiger partial charge on any atom is 0.226 e. The van der Waals surface area contributed by atoms with Crippen molar-refractivity contribution in [2.75, 3.05) is 41.4 Å². The van der Waals surface area contributed by atoms with Gasteiger partial charge in [0.2, 0.25) is 5.89 Å². The number of guanidine groups is 1. The van der Waals surface area contributed by atoms with E-state index in [9.17, 15) is 0 Å². The molecule has 2 aromatic carbocycles. The number of ether oxygens (including phenoxy) is 2. The molecule has 0 unspecified atom stereocenters. The first-order valence-corrected chi connectivity index (χ1v) is 10.7. The molecule has 1 heterocycles. The fraction of sp³-hybridized carbons (Fsp3) is 0.360. The summed E-state index contributed by atoms with van der Waals surface area (Å²) in [5.41, 5.74) is 4.29. The van der Waals surface area contributed by atoms with E-state index in [1.54, 1.807) is 27.5 Å². The lowest BCUT2D eigenvalue weighted by atomic mass is 10.1. The van der Waals surface area contributed by atoms with E-state index in [4.69, 9.17) is 13.9 Å². The van der Waals surface area contributed by atoms with Crippen LogP contribution < -0.4 is 14.8 Å². The van der Waals surface area contributed by atoms with Gasteiger partial charge in [0, 0.05) is 39.2 Å². The SMILES string of the molecule is CN=C(NCCc1coc(-c2ccc(C)cc2)n1)N(C)CCc1ccc(OC)c(OC)c1.I. The molecule has 33 heavy (non-hydrogen) atoms. The van der Waals surface area contributed by atoms with Crippen molar-refractivity contribution in [2.24, 2.45) is 4.99 Å². The van der Waals surface area contributed by atoms with Crippen LogP contribution in [0.15, 0.2) is 58.1 Å². The molecule has 0 saturated heterocycles. The van der Waals surface area contributed by atoms with Gasteiger partial charge >= 0.3 is 0 Å². The van der Waals surface area contributed by atoms with Crippen LogP contribution in [-0.4, -0.2) is 57.2 Å². The second-order valence-corrected chi connectivity index (χ2v) is 7.59. The number of oxazole rings is 1. The minimum Gasteiger partial charge on any atom is -0.493 e. The van der Waals surface area contributed by atoms with Crippen molar-refractivity contribution < 1.29 is 13.9 Å². The topological polar surface area (TPSA) is 72.1 Å². The predicted octanol–water partition coefficient (Wildman–Crippen LogP) is 4.58. The van der Waals surface area contributed by atoms with Crippen molar-refractivity contribution in [1.82, 2.24) is 15.2 Å². The van der Waals surface area contributed by atoms with Gasteiger partial charge in [-0.3, -0.25) is 4.99 Å². The lowest BCUT2D eigenvalue weighted by Gasteiger charge is -2.22. The van der Waals surface area contributed by atoms with Gasteiger partial charge in [-0.1, -0.05) is 23.8 Å². The first-order chi connectivity index (χ1) is 15.5. The van der Waals surface area contributed by atoms with E-state index in [1.807, 2.05) is 31.3 Å². The fourth-order valence-electron chi connectivity index (χ4n) is 3.38. The Morgan fingerprint density at radius 2 is 1.79 bits per heavy atom. The van der Waals surface area contributed by atoms with E-state index in [1.165, 1.54) is 11.1 Å². The quantitative estimate of drug-likeness (QED) is 0.233. The Labute approximate surface area is 213 Å². The molecule has 8 heteroatoms. The number of hydrogen-bond acceptors (Lipinski definition) is 5. The number of nitrogens with zero attached hydrogens (tertiary/aromatic N) is 3. The summed E-state index contributed by atoms with van der Waals surface area (Å²) in [6, 6.07) is 14.2. The van der Waals surface area contributed by atoms with E-state index in [0.29, 0.717) is 12.4 Å². The number of benzene rings is 2. The fourth-order valence-corrected chi connectivity index (χ4v) is 3.38. The van der Waals surface area contributed by atoms with Crippen molar-refractivity contribution >= 4 is 29.9 Å². The van der Waals surface area contributed by atoms with Crippen LogP contribution in [0.5, 0.6) is 11.5 Å². The van der Waals surface area contributed by atoms with Gasteiger partial charge in [0.05, 0.1) is 19.9 Å². The van der Waals surface area contributed by atoms with Gasteiger partial charge in [-0.2, -0.15) is 0 Å². The molecule has 1 aromatic heterocycles. The summed E-state index contributed by atoms with van der Waals surface area (Å²) in [7, 11) is 7.12. The highest BCUT2D eigenvalue weighted by Crippen LogP contribution is 2.27. The molecule has 0 aliphatic heterocycles. The van der Waals surface area contributed by atoms with Crippen LogP contribution >= 0.6 is 24.0 Å². The second-order valence-electron chi connectivity index (χ2n) is 7.59. The number of halogens is 1. The predicted molar refractivity (Wildman–Crippen MR) is 143 cm³/mol. The van der Waals surface area contributed by atoms with Gasteiger partial charge in [0.15, 0.2) is 17.5 Å². The highest BCUT2D eigenvalue weighted by molar-refractivity contribution is 14.0. The van der Waals surface area contributed by atoms with Gasteiger partial charge in [-0.25, -0.2) is 4.98 Å². The third-order valence-corrected chi connectivity index (χ3v) is 5.27. The molecule has 0 spiro atoms. The Balaban J connectivity index is 0.00000385. The zero-order chi connectivity index (χ0) is 22.9. The Hall–Kier alpha value is -2.75. The molecule has 1 N–H and O–H groups in total. The Kier molecular flexibility index (Phi) is 10.5. The van der Waals surface area contributed by atoms with Gasteiger partial charge in [0.1, 0.15) is 6.26 Å². The number of rotatable bonds is 9.